The molecule has 5 nitrogen and oxygen atoms in total. The van der Waals surface area contributed by atoms with Crippen LogP contribution in [0.2, 0.25) is 5.02 Å². The number of nitrogens with two attached hydrogens (primary N) is 1. The first kappa shape index (κ1) is 21.3. The van der Waals surface area contributed by atoms with Gasteiger partial charge in [0.25, 0.3) is 0 Å². The fourth-order valence-corrected chi connectivity index (χ4v) is 4.09. The van der Waals surface area contributed by atoms with Crippen LogP contribution in [0.15, 0.2) is 18.2 Å². The lowest BCUT2D eigenvalue weighted by molar-refractivity contribution is -0.142. The zero-order chi connectivity index (χ0) is 17.9. The number of piperidine rings is 1. The molecular formula is C19H28Cl2N2O3. The van der Waals surface area contributed by atoms with E-state index in [1.54, 1.807) is 7.11 Å². The monoisotopic (exact) mass is 402 g/mol. The smallest absolute Gasteiger partial charge is 0.242 e. The molecule has 2 saturated heterocycles. The highest BCUT2D eigenvalue weighted by Gasteiger charge is 2.40. The van der Waals surface area contributed by atoms with Crippen molar-refractivity contribution in [2.45, 2.75) is 37.6 Å². The summed E-state index contributed by atoms with van der Waals surface area (Å²) >= 11 is 6.14. The number of hydrogen-bond acceptors (Lipinski definition) is 4. The van der Waals surface area contributed by atoms with Crippen molar-refractivity contribution in [3.8, 4) is 5.75 Å². The van der Waals surface area contributed by atoms with E-state index < -0.39 is 5.54 Å². The summed E-state index contributed by atoms with van der Waals surface area (Å²) in [6.45, 7) is 2.68. The van der Waals surface area contributed by atoms with E-state index in [-0.39, 0.29) is 18.3 Å². The number of carbonyl (C=O) groups is 1. The van der Waals surface area contributed by atoms with E-state index in [1.165, 1.54) is 0 Å². The highest BCUT2D eigenvalue weighted by molar-refractivity contribution is 6.30. The number of rotatable bonds is 4. The van der Waals surface area contributed by atoms with Gasteiger partial charge in [-0.15, -0.1) is 12.4 Å². The Labute approximate surface area is 166 Å². The van der Waals surface area contributed by atoms with E-state index in [0.29, 0.717) is 37.0 Å². The van der Waals surface area contributed by atoms with Gasteiger partial charge in [-0.05, 0) is 61.8 Å². The number of nitrogens with zero attached hydrogens (tertiary/aromatic N) is 1. The number of carbonyl (C=O) groups excluding carboxylic acids is 1. The van der Waals surface area contributed by atoms with E-state index in [0.717, 1.165) is 43.7 Å². The molecule has 0 bridgehead atoms. The zero-order valence-electron chi connectivity index (χ0n) is 15.2. The van der Waals surface area contributed by atoms with Crippen LogP contribution in [-0.4, -0.2) is 49.8 Å². The Morgan fingerprint density at radius 3 is 2.85 bits per heavy atom. The van der Waals surface area contributed by atoms with Crippen LogP contribution in [0.1, 0.15) is 31.2 Å². The topological polar surface area (TPSA) is 64.8 Å². The van der Waals surface area contributed by atoms with Crippen molar-refractivity contribution in [2.24, 2.45) is 11.7 Å². The molecule has 1 unspecified atom stereocenters. The molecule has 2 aliphatic rings. The van der Waals surface area contributed by atoms with Gasteiger partial charge in [0.2, 0.25) is 5.91 Å². The fraction of sp³-hybridized carbons (Fsp3) is 0.632. The molecule has 2 heterocycles. The molecule has 1 aromatic carbocycles. The summed E-state index contributed by atoms with van der Waals surface area (Å²) in [6.07, 6.45) is 4.17. The molecule has 0 aliphatic carbocycles. The maximum atomic E-state index is 12.9. The van der Waals surface area contributed by atoms with Crippen LogP contribution in [0.25, 0.3) is 0 Å². The van der Waals surface area contributed by atoms with Crippen molar-refractivity contribution >= 4 is 29.9 Å². The van der Waals surface area contributed by atoms with Gasteiger partial charge in [-0.2, -0.15) is 0 Å². The highest BCUT2D eigenvalue weighted by Crippen LogP contribution is 2.30. The second-order valence-corrected chi connectivity index (χ2v) is 7.62. The van der Waals surface area contributed by atoms with Crippen molar-refractivity contribution in [1.82, 2.24) is 4.90 Å². The minimum atomic E-state index is -0.756. The maximum Gasteiger partial charge on any atom is 0.242 e. The van der Waals surface area contributed by atoms with Gasteiger partial charge >= 0.3 is 0 Å². The van der Waals surface area contributed by atoms with Gasteiger partial charge in [0, 0.05) is 31.3 Å². The number of benzene rings is 1. The molecule has 0 spiro atoms. The first-order valence-electron chi connectivity index (χ1n) is 9.00. The molecule has 2 N–H and O–H groups in total. The Morgan fingerprint density at radius 1 is 1.42 bits per heavy atom. The Morgan fingerprint density at radius 2 is 2.15 bits per heavy atom. The summed E-state index contributed by atoms with van der Waals surface area (Å²) in [4.78, 5) is 14.9. The van der Waals surface area contributed by atoms with Crippen LogP contribution in [0.4, 0.5) is 0 Å². The lowest BCUT2D eigenvalue weighted by atomic mass is 9.86. The van der Waals surface area contributed by atoms with Crippen LogP contribution >= 0.6 is 24.0 Å². The molecule has 146 valence electrons. The van der Waals surface area contributed by atoms with Crippen molar-refractivity contribution in [2.75, 3.05) is 33.4 Å². The zero-order valence-corrected chi connectivity index (χ0v) is 16.8. The minimum Gasteiger partial charge on any atom is -0.496 e. The Bertz CT molecular complexity index is 621. The Balaban J connectivity index is 0.00000243. The lowest BCUT2D eigenvalue weighted by Crippen LogP contribution is -2.59. The van der Waals surface area contributed by atoms with Gasteiger partial charge in [-0.3, -0.25) is 4.79 Å². The highest BCUT2D eigenvalue weighted by atomic mass is 35.5. The molecule has 2 aliphatic heterocycles. The molecule has 1 aromatic rings. The molecule has 3 rings (SSSR count). The van der Waals surface area contributed by atoms with E-state index in [9.17, 15) is 4.79 Å². The van der Waals surface area contributed by atoms with E-state index in [4.69, 9.17) is 26.8 Å². The largest absolute Gasteiger partial charge is 0.496 e. The average Bonchev–Trinajstić information content (AvgIpc) is 2.62. The Hall–Kier alpha value is -1.01. The molecule has 26 heavy (non-hydrogen) atoms. The van der Waals surface area contributed by atoms with E-state index >= 15 is 0 Å². The molecule has 7 heteroatoms. The second kappa shape index (κ2) is 9.27. The summed E-state index contributed by atoms with van der Waals surface area (Å²) in [6, 6.07) is 5.70. The number of methoxy groups -OCH3 is 1. The summed E-state index contributed by atoms with van der Waals surface area (Å²) in [7, 11) is 1.67. The fourth-order valence-electron chi connectivity index (χ4n) is 3.90. The van der Waals surface area contributed by atoms with Crippen LogP contribution in [0, 0.1) is 5.92 Å². The van der Waals surface area contributed by atoms with Gasteiger partial charge in [-0.25, -0.2) is 0 Å². The van der Waals surface area contributed by atoms with Crippen LogP contribution < -0.4 is 10.5 Å². The third kappa shape index (κ3) is 4.83. The first-order chi connectivity index (χ1) is 12.0. The number of halogens is 2. The summed E-state index contributed by atoms with van der Waals surface area (Å²) in [5, 5.41) is 0.711. The van der Waals surface area contributed by atoms with Crippen molar-refractivity contribution in [3.63, 3.8) is 0 Å². The Kier molecular flexibility index (Phi) is 7.59. The third-order valence-corrected chi connectivity index (χ3v) is 5.60. The standard InChI is InChI=1S/C19H27ClN2O3.ClH/c1-24-17-5-4-16(20)12-15(17)11-14-3-2-8-22(13-14)18(23)19(21)6-9-25-10-7-19;/h4-5,12,14H,2-3,6-11,13,21H2,1H3;1H. The third-order valence-electron chi connectivity index (χ3n) is 5.37. The van der Waals surface area contributed by atoms with Gasteiger partial charge in [0.05, 0.1) is 12.6 Å². The SMILES string of the molecule is COc1ccc(Cl)cc1CC1CCCN(C(=O)C2(N)CCOCC2)C1.Cl. The number of hydrogen-bond donors (Lipinski definition) is 1. The number of ether oxygens (including phenoxy) is 2. The predicted molar refractivity (Wildman–Crippen MR) is 105 cm³/mol. The summed E-state index contributed by atoms with van der Waals surface area (Å²) in [5.74, 6) is 1.33. The van der Waals surface area contributed by atoms with Crippen LogP contribution in [-0.2, 0) is 16.0 Å². The van der Waals surface area contributed by atoms with Crippen molar-refractivity contribution in [1.29, 1.82) is 0 Å². The molecule has 1 atom stereocenters. The predicted octanol–water partition coefficient (Wildman–Crippen LogP) is 3.06. The number of likely N-dealkylation sites (tertiary alicyclic amines) is 1. The molecule has 1 amide bonds. The molecule has 0 saturated carbocycles. The van der Waals surface area contributed by atoms with Crippen LogP contribution in [0.5, 0.6) is 5.75 Å². The van der Waals surface area contributed by atoms with E-state index in [1.807, 2.05) is 23.1 Å². The minimum absolute atomic E-state index is 0. The van der Waals surface area contributed by atoms with Crippen molar-refractivity contribution in [3.05, 3.63) is 28.8 Å². The van der Waals surface area contributed by atoms with E-state index in [2.05, 4.69) is 0 Å². The average molecular weight is 403 g/mol. The normalized spacial score (nSPS) is 22.4. The quantitative estimate of drug-likeness (QED) is 0.840. The number of amides is 1. The summed E-state index contributed by atoms with van der Waals surface area (Å²) in [5.41, 5.74) is 6.73. The molecular weight excluding hydrogens is 375 g/mol. The summed E-state index contributed by atoms with van der Waals surface area (Å²) < 4.78 is 10.8. The van der Waals surface area contributed by atoms with Crippen molar-refractivity contribution < 1.29 is 14.3 Å². The van der Waals surface area contributed by atoms with Gasteiger partial charge in [-0.1, -0.05) is 11.6 Å². The molecule has 2 fully saturated rings. The molecule has 0 aromatic heterocycles. The molecule has 0 radical (unpaired) electrons. The van der Waals surface area contributed by atoms with Crippen LogP contribution in [0.3, 0.4) is 0 Å². The first-order valence-corrected chi connectivity index (χ1v) is 9.38. The lowest BCUT2D eigenvalue weighted by Gasteiger charge is -2.40. The van der Waals surface area contributed by atoms with Gasteiger partial charge < -0.3 is 20.1 Å². The van der Waals surface area contributed by atoms with Gasteiger partial charge in [0.15, 0.2) is 0 Å². The maximum absolute atomic E-state index is 12.9. The van der Waals surface area contributed by atoms with Gasteiger partial charge in [0.1, 0.15) is 5.75 Å². The second-order valence-electron chi connectivity index (χ2n) is 7.19.